The van der Waals surface area contributed by atoms with Gasteiger partial charge in [-0.25, -0.2) is 0 Å². The van der Waals surface area contributed by atoms with Gasteiger partial charge in [0.05, 0.1) is 0 Å². The van der Waals surface area contributed by atoms with Gasteiger partial charge in [0.25, 0.3) is 0 Å². The molecule has 2 atom stereocenters. The molecule has 1 aliphatic carbocycles. The fourth-order valence-electron chi connectivity index (χ4n) is 3.72. The standard InChI is InChI=1S/C20H27BrN2O3/c1-26-12-2-9-22-19(24)15-7-10-23(11-8-15)20(25)18-13-17(18)14-3-5-16(21)6-4-14/h3-6,15,17-18H,2,7-13H2,1H3,(H,22,24). The fraction of sp³-hybridized carbons (Fsp3) is 0.600. The smallest absolute Gasteiger partial charge is 0.226 e. The molecule has 1 N–H and O–H groups in total. The maximum atomic E-state index is 12.7. The summed E-state index contributed by atoms with van der Waals surface area (Å²) in [5.41, 5.74) is 1.25. The molecule has 1 heterocycles. The Labute approximate surface area is 163 Å². The lowest BCUT2D eigenvalue weighted by atomic mass is 9.95. The van der Waals surface area contributed by atoms with E-state index in [9.17, 15) is 9.59 Å². The Balaban J connectivity index is 1.41. The maximum Gasteiger partial charge on any atom is 0.226 e. The Morgan fingerprint density at radius 1 is 1.23 bits per heavy atom. The lowest BCUT2D eigenvalue weighted by Crippen LogP contribution is -2.43. The van der Waals surface area contributed by atoms with Gasteiger partial charge in [0.2, 0.25) is 11.8 Å². The number of carbonyl (C=O) groups excluding carboxylic acids is 2. The molecule has 1 aliphatic heterocycles. The number of likely N-dealkylation sites (tertiary alicyclic amines) is 1. The van der Waals surface area contributed by atoms with Gasteiger partial charge in [-0.05, 0) is 49.3 Å². The Morgan fingerprint density at radius 3 is 2.58 bits per heavy atom. The highest BCUT2D eigenvalue weighted by Gasteiger charge is 2.46. The SMILES string of the molecule is COCCCNC(=O)C1CCN(C(=O)C2CC2c2ccc(Br)cc2)CC1. The van der Waals surface area contributed by atoms with Crippen LogP contribution < -0.4 is 5.32 Å². The van der Waals surface area contributed by atoms with Crippen LogP contribution in [-0.2, 0) is 14.3 Å². The molecule has 5 nitrogen and oxygen atoms in total. The number of nitrogens with zero attached hydrogens (tertiary/aromatic N) is 1. The van der Waals surface area contributed by atoms with Gasteiger partial charge in [-0.2, -0.15) is 0 Å². The van der Waals surface area contributed by atoms with Crippen LogP contribution in [0, 0.1) is 11.8 Å². The number of carbonyl (C=O) groups is 2. The third-order valence-corrected chi connectivity index (χ3v) is 5.94. The van der Waals surface area contributed by atoms with E-state index >= 15 is 0 Å². The molecule has 142 valence electrons. The van der Waals surface area contributed by atoms with Crippen molar-refractivity contribution in [1.29, 1.82) is 0 Å². The van der Waals surface area contributed by atoms with Crippen molar-refractivity contribution in [3.63, 3.8) is 0 Å². The van der Waals surface area contributed by atoms with Crippen molar-refractivity contribution < 1.29 is 14.3 Å². The summed E-state index contributed by atoms with van der Waals surface area (Å²) < 4.78 is 6.05. The number of piperidine rings is 1. The quantitative estimate of drug-likeness (QED) is 0.687. The summed E-state index contributed by atoms with van der Waals surface area (Å²) in [6, 6.07) is 8.27. The fourth-order valence-corrected chi connectivity index (χ4v) is 3.98. The van der Waals surface area contributed by atoms with Gasteiger partial charge in [-0.3, -0.25) is 9.59 Å². The number of rotatable bonds is 7. The highest BCUT2D eigenvalue weighted by atomic mass is 79.9. The van der Waals surface area contributed by atoms with Crippen molar-refractivity contribution in [2.45, 2.75) is 31.6 Å². The summed E-state index contributed by atoms with van der Waals surface area (Å²) in [5.74, 6) is 0.889. The molecule has 0 radical (unpaired) electrons. The normalized spacial score (nSPS) is 22.9. The highest BCUT2D eigenvalue weighted by molar-refractivity contribution is 9.10. The molecule has 1 aromatic carbocycles. The third-order valence-electron chi connectivity index (χ3n) is 5.41. The van der Waals surface area contributed by atoms with E-state index in [1.54, 1.807) is 7.11 Å². The van der Waals surface area contributed by atoms with Gasteiger partial charge in [0.15, 0.2) is 0 Å². The molecule has 3 rings (SSSR count). The molecule has 2 amide bonds. The number of nitrogens with one attached hydrogen (secondary N) is 1. The number of hydrogen-bond donors (Lipinski definition) is 1. The van der Waals surface area contributed by atoms with Crippen LogP contribution in [0.1, 0.15) is 37.2 Å². The van der Waals surface area contributed by atoms with Crippen LogP contribution in [-0.4, -0.2) is 50.1 Å². The molecule has 6 heteroatoms. The van der Waals surface area contributed by atoms with Gasteiger partial charge in [-0.15, -0.1) is 0 Å². The predicted octanol–water partition coefficient (Wildman–Crippen LogP) is 2.94. The molecule has 0 bridgehead atoms. The van der Waals surface area contributed by atoms with E-state index in [2.05, 4.69) is 33.4 Å². The van der Waals surface area contributed by atoms with Gasteiger partial charge < -0.3 is 15.0 Å². The Morgan fingerprint density at radius 2 is 1.92 bits per heavy atom. The molecule has 0 spiro atoms. The van der Waals surface area contributed by atoms with Crippen molar-refractivity contribution in [1.82, 2.24) is 10.2 Å². The lowest BCUT2D eigenvalue weighted by molar-refractivity contribution is -0.136. The molecule has 1 saturated carbocycles. The largest absolute Gasteiger partial charge is 0.385 e. The van der Waals surface area contributed by atoms with Crippen molar-refractivity contribution in [3.8, 4) is 0 Å². The molecule has 0 aromatic heterocycles. The average Bonchev–Trinajstić information content (AvgIpc) is 3.46. The minimum absolute atomic E-state index is 0.0306. The number of hydrogen-bond acceptors (Lipinski definition) is 3. The molecule has 2 aliphatic rings. The van der Waals surface area contributed by atoms with E-state index in [4.69, 9.17) is 4.74 Å². The second-order valence-corrected chi connectivity index (χ2v) is 8.15. The Kier molecular flexibility index (Phi) is 6.70. The molecular weight excluding hydrogens is 396 g/mol. The summed E-state index contributed by atoms with van der Waals surface area (Å²) in [6.45, 7) is 2.70. The number of amides is 2. The van der Waals surface area contributed by atoms with Gasteiger partial charge in [0, 0.05) is 49.7 Å². The molecule has 1 saturated heterocycles. The average molecular weight is 423 g/mol. The summed E-state index contributed by atoms with van der Waals surface area (Å²) >= 11 is 3.45. The second-order valence-electron chi connectivity index (χ2n) is 7.24. The zero-order valence-electron chi connectivity index (χ0n) is 15.2. The van der Waals surface area contributed by atoms with Crippen LogP contribution in [0.15, 0.2) is 28.7 Å². The summed E-state index contributed by atoms with van der Waals surface area (Å²) in [6.07, 6.45) is 3.30. The van der Waals surface area contributed by atoms with E-state index in [0.29, 0.717) is 32.2 Å². The number of ether oxygens (including phenoxy) is 1. The van der Waals surface area contributed by atoms with E-state index < -0.39 is 0 Å². The van der Waals surface area contributed by atoms with Crippen LogP contribution >= 0.6 is 15.9 Å². The van der Waals surface area contributed by atoms with Gasteiger partial charge in [0.1, 0.15) is 0 Å². The first-order chi connectivity index (χ1) is 12.6. The predicted molar refractivity (Wildman–Crippen MR) is 104 cm³/mol. The highest BCUT2D eigenvalue weighted by Crippen LogP contribution is 2.48. The van der Waals surface area contributed by atoms with E-state index in [0.717, 1.165) is 30.2 Å². The van der Waals surface area contributed by atoms with Crippen molar-refractivity contribution >= 4 is 27.7 Å². The first kappa shape index (κ1) is 19.4. The summed E-state index contributed by atoms with van der Waals surface area (Å²) in [7, 11) is 1.66. The first-order valence-corrected chi connectivity index (χ1v) is 10.2. The van der Waals surface area contributed by atoms with Crippen LogP contribution in [0.2, 0.25) is 0 Å². The van der Waals surface area contributed by atoms with Gasteiger partial charge in [-0.1, -0.05) is 28.1 Å². The minimum Gasteiger partial charge on any atom is -0.385 e. The summed E-state index contributed by atoms with van der Waals surface area (Å²) in [5, 5.41) is 2.97. The van der Waals surface area contributed by atoms with Gasteiger partial charge >= 0.3 is 0 Å². The molecule has 2 fully saturated rings. The second kappa shape index (κ2) is 9.00. The Hall–Kier alpha value is -1.40. The number of methoxy groups -OCH3 is 1. The van der Waals surface area contributed by atoms with Crippen LogP contribution in [0.3, 0.4) is 0 Å². The zero-order chi connectivity index (χ0) is 18.5. The maximum absolute atomic E-state index is 12.7. The summed E-state index contributed by atoms with van der Waals surface area (Å²) in [4.78, 5) is 26.9. The van der Waals surface area contributed by atoms with E-state index in [1.807, 2.05) is 17.0 Å². The van der Waals surface area contributed by atoms with Crippen LogP contribution in [0.25, 0.3) is 0 Å². The van der Waals surface area contributed by atoms with Crippen LogP contribution in [0.5, 0.6) is 0 Å². The molecule has 26 heavy (non-hydrogen) atoms. The Bertz CT molecular complexity index is 626. The van der Waals surface area contributed by atoms with Crippen molar-refractivity contribution in [3.05, 3.63) is 34.3 Å². The third kappa shape index (κ3) is 4.86. The monoisotopic (exact) mass is 422 g/mol. The number of benzene rings is 1. The lowest BCUT2D eigenvalue weighted by Gasteiger charge is -2.31. The molecular formula is C20H27BrN2O3. The first-order valence-electron chi connectivity index (χ1n) is 9.41. The number of halogens is 1. The van der Waals surface area contributed by atoms with Crippen molar-refractivity contribution in [2.75, 3.05) is 33.4 Å². The van der Waals surface area contributed by atoms with E-state index in [1.165, 1.54) is 5.56 Å². The zero-order valence-corrected chi connectivity index (χ0v) is 16.8. The topological polar surface area (TPSA) is 58.6 Å². The van der Waals surface area contributed by atoms with E-state index in [-0.39, 0.29) is 23.7 Å². The molecule has 2 unspecified atom stereocenters. The molecule has 1 aromatic rings. The van der Waals surface area contributed by atoms with Crippen molar-refractivity contribution in [2.24, 2.45) is 11.8 Å². The van der Waals surface area contributed by atoms with Crippen LogP contribution in [0.4, 0.5) is 0 Å². The minimum atomic E-state index is 0.0306.